The van der Waals surface area contributed by atoms with E-state index in [2.05, 4.69) is 15.2 Å². The van der Waals surface area contributed by atoms with E-state index in [4.69, 9.17) is 0 Å². The number of hydrogen-bond acceptors (Lipinski definition) is 3. The van der Waals surface area contributed by atoms with Crippen LogP contribution in [0.1, 0.15) is 11.3 Å². The molecule has 3 aromatic rings. The standard InChI is InChI=1S/C16H14F2N4O/c1-9-10(4-3-5-19-9)6-15(23)22(2)16-11-7-12(17)13(18)8-14(11)20-21-16/h3-5,7-8H,6H2,1-2H3,(H,20,21). The fraction of sp³-hybridized carbons (Fsp3) is 0.188. The van der Waals surface area contributed by atoms with Crippen LogP contribution in [0.2, 0.25) is 0 Å². The second kappa shape index (κ2) is 5.75. The van der Waals surface area contributed by atoms with Crippen LogP contribution in [0.15, 0.2) is 30.5 Å². The lowest BCUT2D eigenvalue weighted by Crippen LogP contribution is -2.28. The zero-order valence-electron chi connectivity index (χ0n) is 12.6. The van der Waals surface area contributed by atoms with Gasteiger partial charge >= 0.3 is 0 Å². The Hall–Kier alpha value is -2.83. The van der Waals surface area contributed by atoms with E-state index in [0.717, 1.165) is 23.4 Å². The van der Waals surface area contributed by atoms with Crippen molar-refractivity contribution in [2.45, 2.75) is 13.3 Å². The molecular formula is C16H14F2N4O. The third kappa shape index (κ3) is 2.77. The average molecular weight is 316 g/mol. The number of nitrogens with one attached hydrogen (secondary N) is 1. The summed E-state index contributed by atoms with van der Waals surface area (Å²) in [6, 6.07) is 5.64. The highest BCUT2D eigenvalue weighted by Gasteiger charge is 2.19. The number of carbonyl (C=O) groups is 1. The first-order valence-corrected chi connectivity index (χ1v) is 6.97. The highest BCUT2D eigenvalue weighted by atomic mass is 19.2. The number of aromatic amines is 1. The van der Waals surface area contributed by atoms with Gasteiger partial charge in [-0.2, -0.15) is 5.10 Å². The molecule has 0 bridgehead atoms. The Bertz CT molecular complexity index is 891. The molecule has 0 saturated carbocycles. The number of likely N-dealkylation sites (N-methyl/N-ethyl adjacent to an activating group) is 1. The maximum atomic E-state index is 13.4. The average Bonchev–Trinajstić information content (AvgIpc) is 2.92. The molecule has 0 radical (unpaired) electrons. The molecule has 0 spiro atoms. The van der Waals surface area contributed by atoms with Crippen molar-refractivity contribution in [3.05, 3.63) is 53.4 Å². The summed E-state index contributed by atoms with van der Waals surface area (Å²) < 4.78 is 26.7. The summed E-state index contributed by atoms with van der Waals surface area (Å²) in [5.41, 5.74) is 1.91. The lowest BCUT2D eigenvalue weighted by atomic mass is 10.1. The van der Waals surface area contributed by atoms with Gasteiger partial charge in [-0.1, -0.05) is 6.07 Å². The lowest BCUT2D eigenvalue weighted by Gasteiger charge is -2.15. The van der Waals surface area contributed by atoms with Crippen molar-refractivity contribution >= 4 is 22.6 Å². The number of nitrogens with zero attached hydrogens (tertiary/aromatic N) is 3. The molecule has 2 aromatic heterocycles. The van der Waals surface area contributed by atoms with Gasteiger partial charge in [0.05, 0.1) is 11.9 Å². The van der Waals surface area contributed by atoms with Crippen LogP contribution in [-0.2, 0) is 11.2 Å². The number of benzene rings is 1. The van der Waals surface area contributed by atoms with E-state index in [1.165, 1.54) is 4.90 Å². The molecule has 0 fully saturated rings. The van der Waals surface area contributed by atoms with Gasteiger partial charge in [0, 0.05) is 30.4 Å². The minimum atomic E-state index is -0.982. The van der Waals surface area contributed by atoms with Gasteiger partial charge in [-0.05, 0) is 24.6 Å². The lowest BCUT2D eigenvalue weighted by molar-refractivity contribution is -0.117. The van der Waals surface area contributed by atoms with Gasteiger partial charge in [0.1, 0.15) is 0 Å². The van der Waals surface area contributed by atoms with Crippen LogP contribution in [0.25, 0.3) is 10.9 Å². The zero-order valence-corrected chi connectivity index (χ0v) is 12.6. The molecule has 0 unspecified atom stereocenters. The number of halogens is 2. The van der Waals surface area contributed by atoms with E-state index < -0.39 is 11.6 Å². The van der Waals surface area contributed by atoms with E-state index >= 15 is 0 Å². The largest absolute Gasteiger partial charge is 0.298 e. The Balaban J connectivity index is 1.91. The normalized spacial score (nSPS) is 11.0. The number of anilines is 1. The number of amides is 1. The Morgan fingerprint density at radius 1 is 1.30 bits per heavy atom. The number of hydrogen-bond donors (Lipinski definition) is 1. The van der Waals surface area contributed by atoms with Crippen molar-refractivity contribution in [1.29, 1.82) is 0 Å². The number of fused-ring (bicyclic) bond motifs is 1. The van der Waals surface area contributed by atoms with Crippen molar-refractivity contribution in [3.63, 3.8) is 0 Å². The van der Waals surface area contributed by atoms with Gasteiger partial charge < -0.3 is 0 Å². The molecule has 0 aliphatic heterocycles. The van der Waals surface area contributed by atoms with Gasteiger partial charge in [0.25, 0.3) is 0 Å². The molecule has 1 N–H and O–H groups in total. The number of carbonyl (C=O) groups excluding carboxylic acids is 1. The van der Waals surface area contributed by atoms with Gasteiger partial charge in [0.2, 0.25) is 5.91 Å². The first-order chi connectivity index (χ1) is 11.0. The van der Waals surface area contributed by atoms with Gasteiger partial charge in [-0.25, -0.2) is 8.78 Å². The molecule has 3 rings (SSSR count). The molecule has 0 aliphatic carbocycles. The quantitative estimate of drug-likeness (QED) is 0.808. The monoisotopic (exact) mass is 316 g/mol. The number of aryl methyl sites for hydroxylation is 1. The Kier molecular flexibility index (Phi) is 3.77. The van der Waals surface area contributed by atoms with Crippen molar-refractivity contribution in [2.75, 3.05) is 11.9 Å². The Morgan fingerprint density at radius 3 is 2.78 bits per heavy atom. The number of rotatable bonds is 3. The van der Waals surface area contributed by atoms with E-state index in [0.29, 0.717) is 10.9 Å². The van der Waals surface area contributed by atoms with Crippen LogP contribution in [0.4, 0.5) is 14.6 Å². The van der Waals surface area contributed by atoms with Crippen LogP contribution in [-0.4, -0.2) is 28.1 Å². The van der Waals surface area contributed by atoms with Crippen molar-refractivity contribution in [2.24, 2.45) is 0 Å². The predicted molar refractivity (Wildman–Crippen MR) is 82.1 cm³/mol. The summed E-state index contributed by atoms with van der Waals surface area (Å²) >= 11 is 0. The molecule has 23 heavy (non-hydrogen) atoms. The minimum Gasteiger partial charge on any atom is -0.298 e. The fourth-order valence-electron chi connectivity index (χ4n) is 2.36. The van der Waals surface area contributed by atoms with E-state index in [1.807, 2.05) is 13.0 Å². The highest BCUT2D eigenvalue weighted by Crippen LogP contribution is 2.26. The minimum absolute atomic E-state index is 0.147. The molecule has 1 aromatic carbocycles. The molecule has 5 nitrogen and oxygen atoms in total. The molecule has 2 heterocycles. The molecule has 0 aliphatic rings. The number of H-pyrrole nitrogens is 1. The van der Waals surface area contributed by atoms with E-state index in [1.54, 1.807) is 19.3 Å². The highest BCUT2D eigenvalue weighted by molar-refractivity contribution is 6.01. The SMILES string of the molecule is Cc1ncccc1CC(=O)N(C)c1n[nH]c2cc(F)c(F)cc12. The van der Waals surface area contributed by atoms with Crippen LogP contribution < -0.4 is 4.90 Å². The summed E-state index contributed by atoms with van der Waals surface area (Å²) in [6.45, 7) is 1.82. The first-order valence-electron chi connectivity index (χ1n) is 6.97. The zero-order chi connectivity index (χ0) is 16.6. The second-order valence-electron chi connectivity index (χ2n) is 5.24. The van der Waals surface area contributed by atoms with Crippen LogP contribution in [0, 0.1) is 18.6 Å². The summed E-state index contributed by atoms with van der Waals surface area (Å²) in [4.78, 5) is 17.9. The Labute approximate surface area is 130 Å². The first kappa shape index (κ1) is 15.1. The van der Waals surface area contributed by atoms with E-state index in [-0.39, 0.29) is 18.1 Å². The maximum Gasteiger partial charge on any atom is 0.232 e. The third-order valence-corrected chi connectivity index (χ3v) is 3.73. The fourth-order valence-corrected chi connectivity index (χ4v) is 2.36. The van der Waals surface area contributed by atoms with Crippen molar-refractivity contribution in [1.82, 2.24) is 15.2 Å². The Morgan fingerprint density at radius 2 is 2.04 bits per heavy atom. The van der Waals surface area contributed by atoms with Crippen LogP contribution >= 0.6 is 0 Å². The number of pyridine rings is 1. The van der Waals surface area contributed by atoms with Crippen LogP contribution in [0.3, 0.4) is 0 Å². The molecule has 1 amide bonds. The predicted octanol–water partition coefficient (Wildman–Crippen LogP) is 2.75. The van der Waals surface area contributed by atoms with Gasteiger partial charge in [-0.15, -0.1) is 0 Å². The van der Waals surface area contributed by atoms with E-state index in [9.17, 15) is 13.6 Å². The molecule has 0 saturated heterocycles. The van der Waals surface area contributed by atoms with Crippen molar-refractivity contribution < 1.29 is 13.6 Å². The summed E-state index contributed by atoms with van der Waals surface area (Å²) in [5.74, 6) is -1.92. The molecule has 0 atom stereocenters. The second-order valence-corrected chi connectivity index (χ2v) is 5.24. The van der Waals surface area contributed by atoms with Gasteiger partial charge in [-0.3, -0.25) is 19.8 Å². The van der Waals surface area contributed by atoms with Crippen molar-refractivity contribution in [3.8, 4) is 0 Å². The molecule has 7 heteroatoms. The topological polar surface area (TPSA) is 61.9 Å². The summed E-state index contributed by atoms with van der Waals surface area (Å²) in [6.07, 6.45) is 1.81. The van der Waals surface area contributed by atoms with Crippen LogP contribution in [0.5, 0.6) is 0 Å². The summed E-state index contributed by atoms with van der Waals surface area (Å²) in [7, 11) is 1.55. The third-order valence-electron chi connectivity index (χ3n) is 3.73. The van der Waals surface area contributed by atoms with Gasteiger partial charge in [0.15, 0.2) is 17.5 Å². The number of aromatic nitrogens is 3. The smallest absolute Gasteiger partial charge is 0.232 e. The summed E-state index contributed by atoms with van der Waals surface area (Å²) in [5, 5.41) is 6.95. The molecular weight excluding hydrogens is 302 g/mol. The molecule has 118 valence electrons. The maximum absolute atomic E-state index is 13.4.